The lowest BCUT2D eigenvalue weighted by atomic mass is 9.98. The molecule has 0 heterocycles. The van der Waals surface area contributed by atoms with E-state index in [4.69, 9.17) is 28.9 Å². The molecule has 0 spiro atoms. The molecule has 1 unspecified atom stereocenters. The molecule has 19 heavy (non-hydrogen) atoms. The molecule has 0 fully saturated rings. The molecule has 0 aliphatic carbocycles. The van der Waals surface area contributed by atoms with Crippen LogP contribution < -0.4 is 5.73 Å². The summed E-state index contributed by atoms with van der Waals surface area (Å²) >= 11 is 14.4. The summed E-state index contributed by atoms with van der Waals surface area (Å²) in [6, 6.07) is 11.7. The minimum Gasteiger partial charge on any atom is -0.324 e. The van der Waals surface area contributed by atoms with E-state index in [-0.39, 0.29) is 6.04 Å². The molecular weight excluding hydrogens is 392 g/mol. The van der Waals surface area contributed by atoms with Crippen molar-refractivity contribution in [1.29, 1.82) is 0 Å². The molecule has 100 valence electrons. The van der Waals surface area contributed by atoms with E-state index in [1.807, 2.05) is 18.2 Å². The first-order chi connectivity index (χ1) is 8.99. The predicted octanol–water partition coefficient (Wildman–Crippen LogP) is 5.15. The highest BCUT2D eigenvalue weighted by molar-refractivity contribution is 14.1. The minimum atomic E-state index is -0.0644. The van der Waals surface area contributed by atoms with Crippen LogP contribution in [0.3, 0.4) is 0 Å². The van der Waals surface area contributed by atoms with Crippen LogP contribution in [0.15, 0.2) is 36.4 Å². The number of halogens is 3. The number of hydrogen-bond donors (Lipinski definition) is 1. The van der Waals surface area contributed by atoms with Crippen LogP contribution >= 0.6 is 45.8 Å². The molecule has 0 saturated carbocycles. The van der Waals surface area contributed by atoms with E-state index in [9.17, 15) is 0 Å². The van der Waals surface area contributed by atoms with E-state index < -0.39 is 0 Å². The van der Waals surface area contributed by atoms with Crippen molar-refractivity contribution in [2.24, 2.45) is 5.73 Å². The molecule has 1 atom stereocenters. The average Bonchev–Trinajstić information content (AvgIpc) is 2.36. The number of benzene rings is 2. The summed E-state index contributed by atoms with van der Waals surface area (Å²) in [7, 11) is 0. The summed E-state index contributed by atoms with van der Waals surface area (Å²) in [5.74, 6) is 0. The van der Waals surface area contributed by atoms with Crippen molar-refractivity contribution in [3.05, 3.63) is 66.7 Å². The largest absolute Gasteiger partial charge is 0.324 e. The van der Waals surface area contributed by atoms with Crippen LogP contribution in [0.1, 0.15) is 22.7 Å². The van der Waals surface area contributed by atoms with Gasteiger partial charge in [0, 0.05) is 19.7 Å². The van der Waals surface area contributed by atoms with Gasteiger partial charge in [0.15, 0.2) is 0 Å². The maximum absolute atomic E-state index is 6.31. The Morgan fingerprint density at radius 1 is 1.21 bits per heavy atom. The smallest absolute Gasteiger partial charge is 0.0453 e. The Morgan fingerprint density at radius 2 is 1.95 bits per heavy atom. The first-order valence-electron chi connectivity index (χ1n) is 5.93. The average molecular weight is 406 g/mol. The molecule has 1 nitrogen and oxygen atoms in total. The van der Waals surface area contributed by atoms with Crippen LogP contribution in [0.4, 0.5) is 0 Å². The van der Waals surface area contributed by atoms with Crippen LogP contribution in [0.5, 0.6) is 0 Å². The summed E-state index contributed by atoms with van der Waals surface area (Å²) in [4.78, 5) is 0. The van der Waals surface area contributed by atoms with Crippen LogP contribution in [0.2, 0.25) is 10.0 Å². The van der Waals surface area contributed by atoms with Crippen LogP contribution in [0.25, 0.3) is 0 Å². The third-order valence-corrected chi connectivity index (χ3v) is 5.14. The van der Waals surface area contributed by atoms with Crippen molar-refractivity contribution in [2.45, 2.75) is 19.4 Å². The maximum atomic E-state index is 6.31. The first-order valence-corrected chi connectivity index (χ1v) is 7.77. The number of nitrogens with two attached hydrogens (primary N) is 1. The molecule has 0 saturated heterocycles. The lowest BCUT2D eigenvalue weighted by molar-refractivity contribution is 0.717. The molecule has 0 aliphatic rings. The van der Waals surface area contributed by atoms with Gasteiger partial charge in [-0.25, -0.2) is 0 Å². The monoisotopic (exact) mass is 405 g/mol. The summed E-state index contributed by atoms with van der Waals surface area (Å²) in [6.07, 6.45) is 0.704. The van der Waals surface area contributed by atoms with Gasteiger partial charge in [-0.15, -0.1) is 0 Å². The van der Waals surface area contributed by atoms with Crippen molar-refractivity contribution in [2.75, 3.05) is 0 Å². The Kier molecular flexibility index (Phi) is 5.12. The quantitative estimate of drug-likeness (QED) is 0.702. The topological polar surface area (TPSA) is 26.0 Å². The molecule has 0 aliphatic heterocycles. The zero-order valence-corrected chi connectivity index (χ0v) is 14.1. The van der Waals surface area contributed by atoms with Gasteiger partial charge in [0.25, 0.3) is 0 Å². The third-order valence-electron chi connectivity index (χ3n) is 3.08. The zero-order chi connectivity index (χ0) is 14.0. The minimum absolute atomic E-state index is 0.0644. The second kappa shape index (κ2) is 6.44. The van der Waals surface area contributed by atoms with Gasteiger partial charge >= 0.3 is 0 Å². The normalized spacial score (nSPS) is 12.5. The molecule has 2 N–H and O–H groups in total. The van der Waals surface area contributed by atoms with Gasteiger partial charge in [0.05, 0.1) is 0 Å². The fraction of sp³-hybridized carbons (Fsp3) is 0.200. The Bertz CT molecular complexity index is 599. The molecule has 2 rings (SSSR count). The van der Waals surface area contributed by atoms with E-state index >= 15 is 0 Å². The van der Waals surface area contributed by atoms with Gasteiger partial charge in [-0.1, -0.05) is 47.5 Å². The summed E-state index contributed by atoms with van der Waals surface area (Å²) in [5.41, 5.74) is 9.74. The highest BCUT2D eigenvalue weighted by Gasteiger charge is 2.13. The molecular formula is C15H14Cl2IN. The molecule has 0 amide bonds. The highest BCUT2D eigenvalue weighted by Crippen LogP contribution is 2.28. The molecule has 2 aromatic carbocycles. The number of rotatable bonds is 3. The highest BCUT2D eigenvalue weighted by atomic mass is 127. The van der Waals surface area contributed by atoms with Gasteiger partial charge in [0.2, 0.25) is 0 Å². The van der Waals surface area contributed by atoms with Gasteiger partial charge in [0.1, 0.15) is 0 Å². The molecule has 0 radical (unpaired) electrons. The Labute approximate surface area is 137 Å². The van der Waals surface area contributed by atoms with Crippen molar-refractivity contribution in [3.8, 4) is 0 Å². The van der Waals surface area contributed by atoms with Crippen LogP contribution in [-0.2, 0) is 6.42 Å². The Hall–Kier alpha value is -0.290. The van der Waals surface area contributed by atoms with Crippen LogP contribution in [0, 0.1) is 10.5 Å². The zero-order valence-electron chi connectivity index (χ0n) is 10.5. The summed E-state index contributed by atoms with van der Waals surface area (Å²) in [5, 5.41) is 1.32. The first kappa shape index (κ1) is 15.1. The summed E-state index contributed by atoms with van der Waals surface area (Å²) in [6.45, 7) is 2.09. The SMILES string of the molecule is Cc1cccc(C(N)Cc2ccc(Cl)cc2Cl)c1I. The fourth-order valence-corrected chi connectivity index (χ4v) is 3.24. The molecule has 0 bridgehead atoms. The van der Waals surface area contributed by atoms with Gasteiger partial charge in [-0.3, -0.25) is 0 Å². The second-order valence-corrected chi connectivity index (χ2v) is 6.45. The van der Waals surface area contributed by atoms with Crippen molar-refractivity contribution in [3.63, 3.8) is 0 Å². The maximum Gasteiger partial charge on any atom is 0.0453 e. The Morgan fingerprint density at radius 3 is 2.63 bits per heavy atom. The lowest BCUT2D eigenvalue weighted by Crippen LogP contribution is -2.15. The van der Waals surface area contributed by atoms with Crippen molar-refractivity contribution >= 4 is 45.8 Å². The van der Waals surface area contributed by atoms with Gasteiger partial charge < -0.3 is 5.73 Å². The van der Waals surface area contributed by atoms with Crippen molar-refractivity contribution in [1.82, 2.24) is 0 Å². The van der Waals surface area contributed by atoms with E-state index in [1.54, 1.807) is 6.07 Å². The van der Waals surface area contributed by atoms with Crippen LogP contribution in [-0.4, -0.2) is 0 Å². The second-order valence-electron chi connectivity index (χ2n) is 4.52. The fourth-order valence-electron chi connectivity index (χ4n) is 1.99. The number of aryl methyl sites for hydroxylation is 1. The van der Waals surface area contributed by atoms with E-state index in [2.05, 4.69) is 41.6 Å². The predicted molar refractivity (Wildman–Crippen MR) is 91.0 cm³/mol. The molecule has 0 aromatic heterocycles. The van der Waals surface area contributed by atoms with Gasteiger partial charge in [-0.2, -0.15) is 0 Å². The van der Waals surface area contributed by atoms with Crippen molar-refractivity contribution < 1.29 is 0 Å². The van der Waals surface area contributed by atoms with E-state index in [0.717, 1.165) is 11.1 Å². The third kappa shape index (κ3) is 3.63. The van der Waals surface area contributed by atoms with Gasteiger partial charge in [-0.05, 0) is 64.8 Å². The van der Waals surface area contributed by atoms with E-state index in [1.165, 1.54) is 9.13 Å². The Balaban J connectivity index is 2.25. The van der Waals surface area contributed by atoms with E-state index in [0.29, 0.717) is 16.5 Å². The lowest BCUT2D eigenvalue weighted by Gasteiger charge is -2.16. The standard InChI is InChI=1S/C15H14Cl2IN/c1-9-3-2-4-12(15(9)18)14(19)7-10-5-6-11(16)8-13(10)17/h2-6,8,14H,7,19H2,1H3. The summed E-state index contributed by atoms with van der Waals surface area (Å²) < 4.78 is 1.22. The molecule has 2 aromatic rings. The number of hydrogen-bond acceptors (Lipinski definition) is 1. The molecule has 4 heteroatoms.